The van der Waals surface area contributed by atoms with Gasteiger partial charge in [0.1, 0.15) is 0 Å². The maximum absolute atomic E-state index is 15.7. The number of carbonyl (C=O) groups excluding carboxylic acids is 2. The smallest absolute Gasteiger partial charge is 0.268 e. The maximum Gasteiger partial charge on any atom is 0.268 e. The van der Waals surface area contributed by atoms with Gasteiger partial charge in [-0.25, -0.2) is 4.90 Å². The van der Waals surface area contributed by atoms with Crippen LogP contribution in [-0.2, 0) is 0 Å². The fraction of sp³-hybridized carbons (Fsp3) is 0. The van der Waals surface area contributed by atoms with Crippen LogP contribution in [0.2, 0.25) is 0 Å². The zero-order chi connectivity index (χ0) is 40.2. The second-order valence-electron chi connectivity index (χ2n) is 15.1. The third kappa shape index (κ3) is 5.61. The number of anilines is 1. The Morgan fingerprint density at radius 2 is 0.683 bits per heavy atom. The molecule has 1 aromatic heterocycles. The highest BCUT2D eigenvalue weighted by molar-refractivity contribution is 6.37. The lowest BCUT2D eigenvalue weighted by Crippen LogP contribution is -2.30. The summed E-state index contributed by atoms with van der Waals surface area (Å²) in [5.74, 6) is -0.720. The summed E-state index contributed by atoms with van der Waals surface area (Å²) >= 11 is 0. The molecule has 0 saturated carbocycles. The molecule has 1 aliphatic heterocycles. The van der Waals surface area contributed by atoms with Crippen LogP contribution in [0.25, 0.3) is 83.1 Å². The Hall–Kier alpha value is -8.08. The van der Waals surface area contributed by atoms with Crippen LogP contribution < -0.4 is 4.90 Å². The summed E-state index contributed by atoms with van der Waals surface area (Å²) in [4.78, 5) is 32.4. The summed E-state index contributed by atoms with van der Waals surface area (Å²) in [7, 11) is 0. The molecule has 0 unspecified atom stereocenters. The third-order valence-electron chi connectivity index (χ3n) is 11.7. The van der Waals surface area contributed by atoms with Crippen LogP contribution in [0.5, 0.6) is 0 Å². The van der Waals surface area contributed by atoms with Gasteiger partial charge in [0.05, 0.1) is 33.5 Å². The van der Waals surface area contributed by atoms with Crippen molar-refractivity contribution in [2.45, 2.75) is 0 Å². The first-order valence-electron chi connectivity index (χ1n) is 20.2. The van der Waals surface area contributed by atoms with Crippen LogP contribution in [0, 0.1) is 0 Å². The van der Waals surface area contributed by atoms with Crippen molar-refractivity contribution < 1.29 is 9.59 Å². The highest BCUT2D eigenvalue weighted by Crippen LogP contribution is 2.48. The van der Waals surface area contributed by atoms with E-state index in [1.807, 2.05) is 103 Å². The van der Waals surface area contributed by atoms with Gasteiger partial charge in [0.15, 0.2) is 0 Å². The number of amides is 2. The van der Waals surface area contributed by atoms with E-state index in [9.17, 15) is 0 Å². The molecule has 2 heterocycles. The molecule has 9 aromatic carbocycles. The van der Waals surface area contributed by atoms with E-state index in [0.717, 1.165) is 77.4 Å². The molecule has 282 valence electrons. The molecule has 4 nitrogen and oxygen atoms in total. The van der Waals surface area contributed by atoms with Crippen molar-refractivity contribution in [2.24, 2.45) is 0 Å². The Balaban J connectivity index is 1.21. The molecular weight excluding hydrogens is 733 g/mol. The molecule has 0 saturated heterocycles. The van der Waals surface area contributed by atoms with Crippen molar-refractivity contribution in [1.82, 2.24) is 4.57 Å². The molecule has 0 aliphatic carbocycles. The molecule has 0 bridgehead atoms. The lowest BCUT2D eigenvalue weighted by atomic mass is 9.90. The molecule has 4 heteroatoms. The standard InChI is InChI=1S/C56H36N2O2/c59-55-47-33-18-34-50(57-52-43(38-21-8-2-9-22-38)29-16-31-45(52)46-32-17-30-44(53(46)57)39-23-10-3-11-24-39)51(47)56(60)58(55)54-48(40-25-12-4-13-26-40)35-42(37-19-6-1-7-20-37)36-49(54)41-27-14-5-15-28-41/h1-36H. The van der Waals surface area contributed by atoms with Crippen LogP contribution in [0.3, 0.4) is 0 Å². The zero-order valence-corrected chi connectivity index (χ0v) is 32.5. The normalized spacial score (nSPS) is 12.4. The summed E-state index contributed by atoms with van der Waals surface area (Å²) in [6.07, 6.45) is 0. The van der Waals surface area contributed by atoms with E-state index in [-0.39, 0.29) is 11.8 Å². The van der Waals surface area contributed by atoms with E-state index in [1.54, 1.807) is 6.07 Å². The zero-order valence-electron chi connectivity index (χ0n) is 32.5. The van der Waals surface area contributed by atoms with Crippen LogP contribution in [-0.4, -0.2) is 16.4 Å². The number of aromatic nitrogens is 1. The largest absolute Gasteiger partial charge is 0.307 e. The number of para-hydroxylation sites is 2. The van der Waals surface area contributed by atoms with Gasteiger partial charge >= 0.3 is 0 Å². The summed E-state index contributed by atoms with van der Waals surface area (Å²) < 4.78 is 2.23. The predicted octanol–water partition coefficient (Wildman–Crippen LogP) is 13.9. The van der Waals surface area contributed by atoms with E-state index in [2.05, 4.69) is 114 Å². The van der Waals surface area contributed by atoms with Gasteiger partial charge in [-0.05, 0) is 57.6 Å². The molecule has 0 N–H and O–H groups in total. The van der Waals surface area contributed by atoms with Gasteiger partial charge in [0.2, 0.25) is 0 Å². The monoisotopic (exact) mass is 768 g/mol. The molecule has 1 aliphatic rings. The second-order valence-corrected chi connectivity index (χ2v) is 15.1. The predicted molar refractivity (Wildman–Crippen MR) is 246 cm³/mol. The van der Waals surface area contributed by atoms with Crippen LogP contribution in [0.15, 0.2) is 218 Å². The van der Waals surface area contributed by atoms with Crippen molar-refractivity contribution in [3.63, 3.8) is 0 Å². The minimum atomic E-state index is -0.364. The van der Waals surface area contributed by atoms with Gasteiger partial charge in [-0.15, -0.1) is 0 Å². The Bertz CT molecular complexity index is 3110. The number of benzene rings is 9. The quantitative estimate of drug-likeness (QED) is 0.152. The van der Waals surface area contributed by atoms with Crippen molar-refractivity contribution in [1.29, 1.82) is 0 Å². The number of fused-ring (bicyclic) bond motifs is 4. The lowest BCUT2D eigenvalue weighted by molar-refractivity contribution is 0.0926. The summed E-state index contributed by atoms with van der Waals surface area (Å²) in [6.45, 7) is 0. The molecule has 0 atom stereocenters. The number of nitrogens with zero attached hydrogens (tertiary/aromatic N) is 2. The molecule has 0 radical (unpaired) electrons. The van der Waals surface area contributed by atoms with Crippen LogP contribution in [0.1, 0.15) is 20.7 Å². The van der Waals surface area contributed by atoms with Crippen LogP contribution in [0.4, 0.5) is 5.69 Å². The number of hydrogen-bond donors (Lipinski definition) is 0. The van der Waals surface area contributed by atoms with E-state index in [4.69, 9.17) is 0 Å². The highest BCUT2D eigenvalue weighted by atomic mass is 16.2. The Morgan fingerprint density at radius 3 is 1.13 bits per heavy atom. The number of hydrogen-bond acceptors (Lipinski definition) is 2. The topological polar surface area (TPSA) is 42.3 Å². The van der Waals surface area contributed by atoms with Gasteiger partial charge in [0, 0.05) is 33.0 Å². The number of imide groups is 1. The van der Waals surface area contributed by atoms with Gasteiger partial charge in [-0.2, -0.15) is 0 Å². The van der Waals surface area contributed by atoms with E-state index < -0.39 is 0 Å². The first kappa shape index (κ1) is 35.1. The number of rotatable bonds is 7. The Labute approximate surface area is 347 Å². The average Bonchev–Trinajstić information content (AvgIpc) is 3.80. The highest BCUT2D eigenvalue weighted by Gasteiger charge is 2.42. The van der Waals surface area contributed by atoms with E-state index in [0.29, 0.717) is 22.5 Å². The SMILES string of the molecule is O=C1c2cccc(-n3c4c(-c5ccccc5)cccc4c4cccc(-c5ccccc5)c43)c2C(=O)N1c1c(-c2ccccc2)cc(-c2ccccc2)cc1-c1ccccc1. The first-order valence-corrected chi connectivity index (χ1v) is 20.2. The van der Waals surface area contributed by atoms with Gasteiger partial charge in [0.25, 0.3) is 11.8 Å². The molecule has 60 heavy (non-hydrogen) atoms. The maximum atomic E-state index is 15.7. The minimum absolute atomic E-state index is 0.356. The van der Waals surface area contributed by atoms with Crippen molar-refractivity contribution in [2.75, 3.05) is 4.90 Å². The molecule has 0 spiro atoms. The number of carbonyl (C=O) groups is 2. The van der Waals surface area contributed by atoms with Crippen molar-refractivity contribution >= 4 is 39.3 Å². The fourth-order valence-corrected chi connectivity index (χ4v) is 9.06. The first-order chi connectivity index (χ1) is 29.7. The lowest BCUT2D eigenvalue weighted by Gasteiger charge is -2.24. The summed E-state index contributed by atoms with van der Waals surface area (Å²) in [5, 5.41) is 2.12. The second kappa shape index (κ2) is 14.4. The van der Waals surface area contributed by atoms with Crippen LogP contribution >= 0.6 is 0 Å². The summed E-state index contributed by atoms with van der Waals surface area (Å²) in [5.41, 5.74) is 13.5. The minimum Gasteiger partial charge on any atom is -0.307 e. The molecule has 11 rings (SSSR count). The van der Waals surface area contributed by atoms with E-state index in [1.165, 1.54) is 4.90 Å². The summed E-state index contributed by atoms with van der Waals surface area (Å²) in [6, 6.07) is 73.8. The van der Waals surface area contributed by atoms with Crippen molar-refractivity contribution in [3.8, 4) is 61.3 Å². The Morgan fingerprint density at radius 1 is 0.300 bits per heavy atom. The molecule has 0 fully saturated rings. The Kier molecular flexibility index (Phi) is 8.42. The third-order valence-corrected chi connectivity index (χ3v) is 11.7. The molecule has 2 amide bonds. The van der Waals surface area contributed by atoms with E-state index >= 15 is 9.59 Å². The van der Waals surface area contributed by atoms with Gasteiger partial charge in [-0.1, -0.05) is 194 Å². The fourth-order valence-electron chi connectivity index (χ4n) is 9.06. The molecule has 10 aromatic rings. The van der Waals surface area contributed by atoms with Crippen molar-refractivity contribution in [3.05, 3.63) is 230 Å². The van der Waals surface area contributed by atoms with Gasteiger partial charge in [-0.3, -0.25) is 9.59 Å². The average molecular weight is 769 g/mol. The van der Waals surface area contributed by atoms with Gasteiger partial charge < -0.3 is 4.57 Å². The molecular formula is C56H36N2O2.